The van der Waals surface area contributed by atoms with Crippen LogP contribution in [-0.4, -0.2) is 16.6 Å². The predicted octanol–water partition coefficient (Wildman–Crippen LogP) is 3.19. The molecule has 17 heavy (non-hydrogen) atoms. The third-order valence-corrected chi connectivity index (χ3v) is 3.11. The van der Waals surface area contributed by atoms with Gasteiger partial charge in [-0.3, -0.25) is 0 Å². The number of nitrogens with one attached hydrogen (secondary N) is 1. The van der Waals surface area contributed by atoms with Crippen LogP contribution in [0.2, 0.25) is 0 Å². The Morgan fingerprint density at radius 2 is 2.00 bits per heavy atom. The number of halogens is 1. The lowest BCUT2D eigenvalue weighted by Gasteiger charge is -2.29. The van der Waals surface area contributed by atoms with E-state index in [9.17, 15) is 14.3 Å². The molecule has 0 amide bonds. The number of carboxylic acid groups (broad SMARTS) is 1. The fourth-order valence-corrected chi connectivity index (χ4v) is 1.78. The van der Waals surface area contributed by atoms with Crippen LogP contribution in [0.3, 0.4) is 0 Å². The summed E-state index contributed by atoms with van der Waals surface area (Å²) in [5.74, 6) is -1.38. The number of carbonyl (C=O) groups is 1. The number of rotatable bonds is 5. The Kier molecular flexibility index (Phi) is 4.10. The second-order valence-electron chi connectivity index (χ2n) is 4.20. The van der Waals surface area contributed by atoms with Gasteiger partial charge in [0.25, 0.3) is 0 Å². The predicted molar refractivity (Wildman–Crippen MR) is 65.7 cm³/mol. The van der Waals surface area contributed by atoms with Crippen molar-refractivity contribution in [1.29, 1.82) is 0 Å². The highest BCUT2D eigenvalue weighted by molar-refractivity contribution is 5.82. The van der Waals surface area contributed by atoms with Crippen LogP contribution in [-0.2, 0) is 4.79 Å². The third-order valence-electron chi connectivity index (χ3n) is 3.11. The van der Waals surface area contributed by atoms with Crippen molar-refractivity contribution in [3.05, 3.63) is 29.6 Å². The van der Waals surface area contributed by atoms with Gasteiger partial charge in [0.05, 0.1) is 5.69 Å². The van der Waals surface area contributed by atoms with Crippen LogP contribution in [0.1, 0.15) is 32.3 Å². The molecule has 94 valence electrons. The normalized spacial score (nSPS) is 11.3. The Balaban J connectivity index is 3.09. The molecular formula is C13H18FNO2. The fraction of sp³-hybridized carbons (Fsp3) is 0.462. The van der Waals surface area contributed by atoms with Crippen LogP contribution in [0.25, 0.3) is 0 Å². The number of hydrogen-bond donors (Lipinski definition) is 2. The van der Waals surface area contributed by atoms with Gasteiger partial charge in [0, 0.05) is 0 Å². The van der Waals surface area contributed by atoms with Crippen molar-refractivity contribution in [1.82, 2.24) is 0 Å². The number of hydrogen-bond acceptors (Lipinski definition) is 2. The standard InChI is InChI=1S/C13H18FNO2/c1-4-13(5-2,12(16)17)15-11-8-9(3)6-7-10(11)14/h6-8,15H,4-5H2,1-3H3,(H,16,17). The summed E-state index contributed by atoms with van der Waals surface area (Å²) in [6.07, 6.45) is 0.790. The van der Waals surface area contributed by atoms with Gasteiger partial charge in [-0.05, 0) is 37.5 Å². The topological polar surface area (TPSA) is 49.3 Å². The highest BCUT2D eigenvalue weighted by Gasteiger charge is 2.35. The van der Waals surface area contributed by atoms with E-state index in [1.807, 2.05) is 6.92 Å². The largest absolute Gasteiger partial charge is 0.480 e. The molecule has 0 saturated carbocycles. The molecule has 0 spiro atoms. The first-order valence-electron chi connectivity index (χ1n) is 5.73. The molecule has 0 fully saturated rings. The smallest absolute Gasteiger partial charge is 0.329 e. The molecule has 1 aromatic carbocycles. The molecule has 1 rings (SSSR count). The summed E-state index contributed by atoms with van der Waals surface area (Å²) in [7, 11) is 0. The van der Waals surface area contributed by atoms with Crippen molar-refractivity contribution in [2.75, 3.05) is 5.32 Å². The zero-order valence-electron chi connectivity index (χ0n) is 10.4. The molecule has 0 aliphatic heterocycles. The van der Waals surface area contributed by atoms with Gasteiger partial charge in [-0.2, -0.15) is 0 Å². The van der Waals surface area contributed by atoms with E-state index in [4.69, 9.17) is 0 Å². The van der Waals surface area contributed by atoms with Crippen molar-refractivity contribution in [3.63, 3.8) is 0 Å². The maximum atomic E-state index is 13.6. The van der Waals surface area contributed by atoms with Gasteiger partial charge in [0.15, 0.2) is 0 Å². The number of benzene rings is 1. The second kappa shape index (κ2) is 5.17. The highest BCUT2D eigenvalue weighted by Crippen LogP contribution is 2.25. The molecule has 4 heteroatoms. The number of aryl methyl sites for hydroxylation is 1. The lowest BCUT2D eigenvalue weighted by Crippen LogP contribution is -2.45. The summed E-state index contributed by atoms with van der Waals surface area (Å²) in [6, 6.07) is 4.62. The van der Waals surface area contributed by atoms with Gasteiger partial charge in [-0.15, -0.1) is 0 Å². The highest BCUT2D eigenvalue weighted by atomic mass is 19.1. The van der Waals surface area contributed by atoms with E-state index in [-0.39, 0.29) is 5.69 Å². The van der Waals surface area contributed by atoms with Gasteiger partial charge in [0.1, 0.15) is 11.4 Å². The molecule has 0 atom stereocenters. The van der Waals surface area contributed by atoms with Crippen LogP contribution < -0.4 is 5.32 Å². The lowest BCUT2D eigenvalue weighted by atomic mass is 9.92. The Morgan fingerprint density at radius 3 is 2.47 bits per heavy atom. The maximum Gasteiger partial charge on any atom is 0.329 e. The first-order valence-corrected chi connectivity index (χ1v) is 5.73. The molecule has 3 nitrogen and oxygen atoms in total. The monoisotopic (exact) mass is 239 g/mol. The summed E-state index contributed by atoms with van der Waals surface area (Å²) in [5.41, 5.74) is 0.0331. The van der Waals surface area contributed by atoms with Crippen molar-refractivity contribution in [3.8, 4) is 0 Å². The van der Waals surface area contributed by atoms with E-state index in [2.05, 4.69) is 5.32 Å². The minimum Gasteiger partial charge on any atom is -0.480 e. The second-order valence-corrected chi connectivity index (χ2v) is 4.20. The minimum absolute atomic E-state index is 0.246. The van der Waals surface area contributed by atoms with Gasteiger partial charge < -0.3 is 10.4 Å². The Morgan fingerprint density at radius 1 is 1.41 bits per heavy atom. The van der Waals surface area contributed by atoms with Crippen molar-refractivity contribution >= 4 is 11.7 Å². The summed E-state index contributed by atoms with van der Waals surface area (Å²) in [6.45, 7) is 5.39. The minimum atomic E-state index is -1.10. The molecule has 0 heterocycles. The summed E-state index contributed by atoms with van der Waals surface area (Å²) in [5, 5.41) is 12.1. The van der Waals surface area contributed by atoms with Gasteiger partial charge in [0.2, 0.25) is 0 Å². The first-order chi connectivity index (χ1) is 7.95. The number of anilines is 1. The van der Waals surface area contributed by atoms with E-state index in [1.54, 1.807) is 26.0 Å². The fourth-order valence-electron chi connectivity index (χ4n) is 1.78. The zero-order valence-corrected chi connectivity index (χ0v) is 10.4. The van der Waals surface area contributed by atoms with Gasteiger partial charge in [-0.1, -0.05) is 19.9 Å². The molecule has 0 unspecified atom stereocenters. The van der Waals surface area contributed by atoms with E-state index in [0.29, 0.717) is 12.8 Å². The number of carboxylic acids is 1. The summed E-state index contributed by atoms with van der Waals surface area (Å²) >= 11 is 0. The van der Waals surface area contributed by atoms with Gasteiger partial charge >= 0.3 is 5.97 Å². The molecule has 0 aliphatic rings. The average molecular weight is 239 g/mol. The van der Waals surface area contributed by atoms with E-state index >= 15 is 0 Å². The molecule has 1 aromatic rings. The molecule has 0 radical (unpaired) electrons. The Bertz CT molecular complexity index is 414. The Labute approximate surface area is 101 Å². The zero-order chi connectivity index (χ0) is 13.1. The van der Waals surface area contributed by atoms with Crippen LogP contribution in [0.4, 0.5) is 10.1 Å². The third kappa shape index (κ3) is 2.75. The van der Waals surface area contributed by atoms with Crippen LogP contribution in [0.15, 0.2) is 18.2 Å². The van der Waals surface area contributed by atoms with E-state index in [0.717, 1.165) is 5.56 Å². The van der Waals surface area contributed by atoms with Crippen molar-refractivity contribution in [2.45, 2.75) is 39.2 Å². The summed E-state index contributed by atoms with van der Waals surface area (Å²) in [4.78, 5) is 11.3. The first kappa shape index (κ1) is 13.5. The molecule has 0 aromatic heterocycles. The lowest BCUT2D eigenvalue weighted by molar-refractivity contribution is -0.142. The van der Waals surface area contributed by atoms with Crippen LogP contribution in [0, 0.1) is 12.7 Å². The van der Waals surface area contributed by atoms with Crippen molar-refractivity contribution < 1.29 is 14.3 Å². The van der Waals surface area contributed by atoms with Gasteiger partial charge in [-0.25, -0.2) is 9.18 Å². The van der Waals surface area contributed by atoms with E-state index in [1.165, 1.54) is 6.07 Å². The average Bonchev–Trinajstić information content (AvgIpc) is 2.30. The maximum absolute atomic E-state index is 13.6. The molecule has 0 saturated heterocycles. The van der Waals surface area contributed by atoms with Crippen molar-refractivity contribution in [2.24, 2.45) is 0 Å². The SMILES string of the molecule is CCC(CC)(Nc1cc(C)ccc1F)C(=O)O. The van der Waals surface area contributed by atoms with Crippen LogP contribution >= 0.6 is 0 Å². The molecule has 2 N–H and O–H groups in total. The van der Waals surface area contributed by atoms with E-state index < -0.39 is 17.3 Å². The quantitative estimate of drug-likeness (QED) is 0.829. The number of aliphatic carboxylic acids is 1. The van der Waals surface area contributed by atoms with Crippen LogP contribution in [0.5, 0.6) is 0 Å². The summed E-state index contributed by atoms with van der Waals surface area (Å²) < 4.78 is 13.6. The molecule has 0 bridgehead atoms. The molecule has 0 aliphatic carbocycles. The molecular weight excluding hydrogens is 221 g/mol. The Hall–Kier alpha value is -1.58.